The van der Waals surface area contributed by atoms with Crippen molar-refractivity contribution in [2.45, 2.75) is 71.0 Å². The van der Waals surface area contributed by atoms with Gasteiger partial charge in [-0.25, -0.2) is 9.37 Å². The Hall–Kier alpha value is -5.81. The van der Waals surface area contributed by atoms with E-state index >= 15 is 4.39 Å². The van der Waals surface area contributed by atoms with Gasteiger partial charge >= 0.3 is 0 Å². The summed E-state index contributed by atoms with van der Waals surface area (Å²) in [5, 5.41) is 9.26. The maximum absolute atomic E-state index is 16.0. The van der Waals surface area contributed by atoms with Gasteiger partial charge in [0.2, 0.25) is 17.8 Å². The second kappa shape index (κ2) is 17.1. The monoisotopic (exact) mass is 882 g/mol. The van der Waals surface area contributed by atoms with Crippen LogP contribution in [0.2, 0.25) is 5.02 Å². The quantitative estimate of drug-likeness (QED) is 0.179. The van der Waals surface area contributed by atoms with Crippen LogP contribution in [0.4, 0.5) is 27.5 Å². The molecule has 4 aliphatic heterocycles. The second-order valence-electron chi connectivity index (χ2n) is 17.9. The zero-order valence-electron chi connectivity index (χ0n) is 35.7. The first-order valence-electron chi connectivity index (χ1n) is 21.8. The molecule has 1 unspecified atom stereocenters. The van der Waals surface area contributed by atoms with Gasteiger partial charge in [0.05, 0.1) is 23.9 Å². The first-order valence-corrected chi connectivity index (χ1v) is 22.2. The lowest BCUT2D eigenvalue weighted by molar-refractivity contribution is -0.137. The fourth-order valence-corrected chi connectivity index (χ4v) is 10.4. The Bertz CT molecular complexity index is 2550. The Labute approximate surface area is 369 Å². The Kier molecular flexibility index (Phi) is 11.5. The predicted octanol–water partition coefficient (Wildman–Crippen LogP) is 4.61. The molecule has 3 N–H and O–H groups in total. The molecule has 1 saturated carbocycles. The Morgan fingerprint density at radius 2 is 1.78 bits per heavy atom. The molecule has 4 amide bonds. The van der Waals surface area contributed by atoms with E-state index in [9.17, 15) is 24.0 Å². The fourth-order valence-electron chi connectivity index (χ4n) is 10.2. The number of piperazine rings is 1. The van der Waals surface area contributed by atoms with Crippen molar-refractivity contribution in [3.8, 4) is 5.75 Å². The number of piperidine rings is 2. The minimum absolute atomic E-state index is 0.0260. The Morgan fingerprint density at radius 3 is 2.49 bits per heavy atom. The maximum Gasteiger partial charge on any atom is 0.293 e. The number of fused-ring (bicyclic) bond motifs is 2. The highest BCUT2D eigenvalue weighted by Crippen LogP contribution is 2.53. The molecule has 18 heteroatoms. The largest absolute Gasteiger partial charge is 0.478 e. The number of hydrogen-bond acceptors (Lipinski definition) is 12. The highest BCUT2D eigenvalue weighted by atomic mass is 35.5. The molecule has 4 fully saturated rings. The van der Waals surface area contributed by atoms with Crippen LogP contribution < -0.4 is 36.0 Å². The van der Waals surface area contributed by atoms with Gasteiger partial charge in [-0.05, 0) is 93.7 Å². The van der Waals surface area contributed by atoms with E-state index in [0.29, 0.717) is 45.2 Å². The van der Waals surface area contributed by atoms with Gasteiger partial charge in [-0.15, -0.1) is 0 Å². The number of benzene rings is 2. The van der Waals surface area contributed by atoms with E-state index in [0.717, 1.165) is 82.4 Å². The number of hydrogen-bond donors (Lipinski definition) is 3. The summed E-state index contributed by atoms with van der Waals surface area (Å²) in [5.41, 5.74) is 2.54. The predicted molar refractivity (Wildman–Crippen MR) is 236 cm³/mol. The number of pyridine rings is 1. The average Bonchev–Trinajstić information content (AvgIpc) is 3.59. The second-order valence-corrected chi connectivity index (χ2v) is 18.3. The number of carbonyl (C=O) groups is 4. The molecule has 6 heterocycles. The van der Waals surface area contributed by atoms with Crippen molar-refractivity contribution < 1.29 is 28.3 Å². The smallest absolute Gasteiger partial charge is 0.293 e. The van der Waals surface area contributed by atoms with Gasteiger partial charge in [-0.3, -0.25) is 34.2 Å². The van der Waals surface area contributed by atoms with E-state index in [1.54, 1.807) is 29.0 Å². The molecular formula is C45H52ClFN10O6. The number of amides is 4. The molecule has 9 rings (SSSR count). The molecule has 63 heavy (non-hydrogen) atoms. The zero-order chi connectivity index (χ0) is 44.2. The van der Waals surface area contributed by atoms with Gasteiger partial charge in [0.15, 0.2) is 24.0 Å². The number of anilines is 4. The van der Waals surface area contributed by atoms with Crippen molar-refractivity contribution in [3.05, 3.63) is 74.9 Å². The number of ether oxygens (including phenoxy) is 1. The van der Waals surface area contributed by atoms with Crippen molar-refractivity contribution in [1.82, 2.24) is 35.0 Å². The number of nitrogens with zero attached hydrogens (tertiary/aromatic N) is 7. The first-order chi connectivity index (χ1) is 30.3. The lowest BCUT2D eigenvalue weighted by Gasteiger charge is -2.54. The summed E-state index contributed by atoms with van der Waals surface area (Å²) in [4.78, 5) is 80.0. The van der Waals surface area contributed by atoms with E-state index in [1.807, 2.05) is 32.0 Å². The van der Waals surface area contributed by atoms with Crippen LogP contribution in [0, 0.1) is 17.2 Å². The summed E-state index contributed by atoms with van der Waals surface area (Å²) in [7, 11) is 1.51. The summed E-state index contributed by atoms with van der Waals surface area (Å²) in [5.74, 6) is -0.187. The lowest BCUT2D eigenvalue weighted by atomic mass is 9.57. The molecular weight excluding hydrogens is 831 g/mol. The van der Waals surface area contributed by atoms with Crippen molar-refractivity contribution in [2.75, 3.05) is 74.6 Å². The molecule has 16 nitrogen and oxygen atoms in total. The summed E-state index contributed by atoms with van der Waals surface area (Å²) < 4.78 is 23.3. The maximum atomic E-state index is 16.0. The number of rotatable bonds is 11. The van der Waals surface area contributed by atoms with Gasteiger partial charge in [-0.1, -0.05) is 11.6 Å². The summed E-state index contributed by atoms with van der Waals surface area (Å²) in [6, 6.07) is 9.75. The van der Waals surface area contributed by atoms with Gasteiger partial charge in [0.1, 0.15) is 11.1 Å². The number of halogens is 2. The van der Waals surface area contributed by atoms with Crippen molar-refractivity contribution in [3.63, 3.8) is 0 Å². The number of nitrogens with one attached hydrogen (secondary N) is 3. The lowest BCUT2D eigenvalue weighted by Crippen LogP contribution is -2.53. The van der Waals surface area contributed by atoms with E-state index < -0.39 is 11.9 Å². The van der Waals surface area contributed by atoms with Crippen LogP contribution in [0.1, 0.15) is 74.3 Å². The fraction of sp³-hybridized carbons (Fsp3) is 0.489. The van der Waals surface area contributed by atoms with Gasteiger partial charge in [0.25, 0.3) is 17.4 Å². The van der Waals surface area contributed by atoms with E-state index in [2.05, 4.69) is 35.6 Å². The number of aromatic nitrogens is 3. The van der Waals surface area contributed by atoms with Crippen molar-refractivity contribution in [2.24, 2.45) is 11.3 Å². The highest BCUT2D eigenvalue weighted by molar-refractivity contribution is 6.33. The normalized spacial score (nSPS) is 20.3. The molecule has 1 atom stereocenters. The van der Waals surface area contributed by atoms with Crippen molar-refractivity contribution >= 4 is 69.3 Å². The van der Waals surface area contributed by atoms with Gasteiger partial charge in [0, 0.05) is 87.5 Å². The summed E-state index contributed by atoms with van der Waals surface area (Å²) in [6.45, 7) is 9.47. The molecule has 2 aromatic carbocycles. The van der Waals surface area contributed by atoms with E-state index in [4.69, 9.17) is 21.3 Å². The van der Waals surface area contributed by atoms with Crippen LogP contribution in [-0.2, 0) is 20.9 Å². The van der Waals surface area contributed by atoms with Crippen LogP contribution in [0.25, 0.3) is 10.9 Å². The summed E-state index contributed by atoms with van der Waals surface area (Å²) >= 11 is 6.60. The number of likely N-dealkylation sites (N-methyl/N-ethyl adjacent to an activating group) is 1. The molecule has 4 aromatic rings. The third-order valence-electron chi connectivity index (χ3n) is 13.6. The molecule has 1 spiro atoms. The van der Waals surface area contributed by atoms with Gasteiger partial charge in [-0.2, -0.15) is 4.98 Å². The molecule has 1 aliphatic carbocycles. The van der Waals surface area contributed by atoms with E-state index in [-0.39, 0.29) is 72.3 Å². The number of imide groups is 1. The molecule has 0 radical (unpaired) electrons. The zero-order valence-corrected chi connectivity index (χ0v) is 36.5. The third-order valence-corrected chi connectivity index (χ3v) is 13.8. The van der Waals surface area contributed by atoms with Crippen molar-refractivity contribution in [1.29, 1.82) is 0 Å². The van der Waals surface area contributed by atoms with Crippen LogP contribution in [0.3, 0.4) is 0 Å². The van der Waals surface area contributed by atoms with Crippen LogP contribution in [-0.4, -0.2) is 113 Å². The Morgan fingerprint density at radius 1 is 1.02 bits per heavy atom. The highest BCUT2D eigenvalue weighted by Gasteiger charge is 2.47. The number of carbonyl (C=O) groups excluding carboxylic acids is 4. The Balaban J connectivity index is 0.766. The molecule has 0 bridgehead atoms. The standard InChI is InChI=1S/C45H52ClFN10O6/c1-26(2)57-33-6-4-29(18-28(33)19-36(43(57)62)63-25-38(59)48-3)50-40-32(46)22-49-44(52-40)55-16-14-53(15-17-55)23-27-20-45(21-27)10-12-54(13-11-45)34-7-5-30-31(39(34)47)24-56(42(30)61)35-8-9-37(58)51-41(35)60/h4-7,18-19,22,26-27,35H,8-17,20-21,23-25H2,1-3H3,(H,48,59)(H,49,50,52)(H,51,58,60). The minimum Gasteiger partial charge on any atom is -0.478 e. The van der Waals surface area contributed by atoms with Crippen LogP contribution in [0.5, 0.6) is 5.75 Å². The molecule has 2 aromatic heterocycles. The van der Waals surface area contributed by atoms with Crippen LogP contribution >= 0.6 is 11.6 Å². The molecule has 3 saturated heterocycles. The molecule has 332 valence electrons. The molecule has 5 aliphatic rings. The average molecular weight is 883 g/mol. The van der Waals surface area contributed by atoms with E-state index in [1.165, 1.54) is 11.9 Å². The summed E-state index contributed by atoms with van der Waals surface area (Å²) in [6.07, 6.45) is 6.31. The minimum atomic E-state index is -0.773. The van der Waals surface area contributed by atoms with Gasteiger partial charge < -0.3 is 34.6 Å². The van der Waals surface area contributed by atoms with Crippen LogP contribution in [0.15, 0.2) is 47.4 Å². The topological polar surface area (TPSA) is 174 Å². The first kappa shape index (κ1) is 42.5. The SMILES string of the molecule is CNC(=O)COc1cc2cc(Nc3nc(N4CCN(CC5CC6(CCN(c7ccc8c(c7F)CN(C7CCC(=O)NC7=O)C8=O)CC6)C5)CC4)ncc3Cl)ccc2n(C(C)C)c1=O. The third kappa shape index (κ3) is 8.28.